The zero-order valence-electron chi connectivity index (χ0n) is 18.6. The molecule has 4 aromatic carbocycles. The monoisotopic (exact) mass is 640 g/mol. The normalized spacial score (nSPS) is 12.6. The highest BCUT2D eigenvalue weighted by molar-refractivity contribution is 9.10. The van der Waals surface area contributed by atoms with Gasteiger partial charge in [-0.2, -0.15) is 27.1 Å². The van der Waals surface area contributed by atoms with Crippen LogP contribution < -0.4 is 0 Å². The Balaban J connectivity index is 2.01. The number of fused-ring (bicyclic) bond motifs is 1. The molecule has 196 valence electrons. The summed E-state index contributed by atoms with van der Waals surface area (Å²) in [4.78, 5) is -1.90. The topological polar surface area (TPSA) is 199 Å². The number of benzene rings is 4. The minimum atomic E-state index is -5.05. The third kappa shape index (κ3) is 5.82. The third-order valence-corrected chi connectivity index (χ3v) is 7.51. The van der Waals surface area contributed by atoms with Crippen LogP contribution >= 0.6 is 27.5 Å². The lowest BCUT2D eigenvalue weighted by atomic mass is 10.1. The highest BCUT2D eigenvalue weighted by atomic mass is 79.9. The molecule has 0 aromatic heterocycles. The number of hydrogen-bond acceptors (Lipinski definition) is 10. The van der Waals surface area contributed by atoms with E-state index in [-0.39, 0.29) is 11.4 Å². The molecular formula is C22H14BrClN4O8S2. The van der Waals surface area contributed by atoms with Crippen molar-refractivity contribution in [2.24, 2.45) is 20.5 Å². The van der Waals surface area contributed by atoms with E-state index in [1.807, 2.05) is 0 Å². The second kappa shape index (κ2) is 10.4. The first-order chi connectivity index (χ1) is 17.8. The molecule has 12 nitrogen and oxygen atoms in total. The van der Waals surface area contributed by atoms with Crippen LogP contribution in [0, 0.1) is 0 Å². The number of azo groups is 2. The van der Waals surface area contributed by atoms with E-state index in [0.29, 0.717) is 5.02 Å². The Hall–Kier alpha value is -3.47. The Morgan fingerprint density at radius 2 is 1.05 bits per heavy atom. The third-order valence-electron chi connectivity index (χ3n) is 4.99. The van der Waals surface area contributed by atoms with Gasteiger partial charge in [-0.25, -0.2) is 0 Å². The molecule has 0 bridgehead atoms. The van der Waals surface area contributed by atoms with E-state index in [1.165, 1.54) is 36.4 Å². The van der Waals surface area contributed by atoms with Crippen molar-refractivity contribution in [1.29, 1.82) is 0 Å². The molecule has 4 aromatic rings. The van der Waals surface area contributed by atoms with Crippen LogP contribution in [0.4, 0.5) is 22.7 Å². The molecule has 0 aliphatic heterocycles. The molecule has 0 saturated heterocycles. The van der Waals surface area contributed by atoms with Crippen molar-refractivity contribution in [3.63, 3.8) is 0 Å². The Morgan fingerprint density at radius 1 is 0.658 bits per heavy atom. The summed E-state index contributed by atoms with van der Waals surface area (Å²) >= 11 is 9.07. The first-order valence-electron chi connectivity index (χ1n) is 10.1. The van der Waals surface area contributed by atoms with Crippen LogP contribution in [0.3, 0.4) is 0 Å². The number of nitrogens with zero attached hydrogens (tertiary/aromatic N) is 4. The van der Waals surface area contributed by atoms with Crippen LogP contribution in [-0.4, -0.2) is 36.2 Å². The van der Waals surface area contributed by atoms with Crippen molar-refractivity contribution in [2.75, 3.05) is 0 Å². The van der Waals surface area contributed by atoms with Crippen molar-refractivity contribution in [2.45, 2.75) is 9.79 Å². The first kappa shape index (κ1) is 27.6. The van der Waals surface area contributed by atoms with Crippen LogP contribution in [0.1, 0.15) is 0 Å². The summed E-state index contributed by atoms with van der Waals surface area (Å²) < 4.78 is 68.6. The fourth-order valence-corrected chi connectivity index (χ4v) is 4.98. The van der Waals surface area contributed by atoms with Gasteiger partial charge in [0.2, 0.25) is 0 Å². The van der Waals surface area contributed by atoms with Crippen LogP contribution in [-0.2, 0) is 20.2 Å². The average Bonchev–Trinajstić information content (AvgIpc) is 2.83. The van der Waals surface area contributed by atoms with E-state index >= 15 is 0 Å². The summed E-state index contributed by atoms with van der Waals surface area (Å²) in [5, 5.41) is 36.5. The quantitative estimate of drug-likeness (QED) is 0.127. The van der Waals surface area contributed by atoms with Crippen LogP contribution in [0.25, 0.3) is 10.8 Å². The lowest BCUT2D eigenvalue weighted by Crippen LogP contribution is -2.01. The summed E-state index contributed by atoms with van der Waals surface area (Å²) in [5.74, 6) is -1.95. The van der Waals surface area contributed by atoms with Gasteiger partial charge in [0, 0.05) is 9.50 Å². The van der Waals surface area contributed by atoms with E-state index in [1.54, 1.807) is 12.1 Å². The van der Waals surface area contributed by atoms with Gasteiger partial charge in [0.05, 0.1) is 16.8 Å². The van der Waals surface area contributed by atoms with Crippen molar-refractivity contribution in [1.82, 2.24) is 0 Å². The van der Waals surface area contributed by atoms with E-state index in [9.17, 15) is 36.2 Å². The fraction of sp³-hybridized carbons (Fsp3) is 0. The molecule has 0 aliphatic rings. The van der Waals surface area contributed by atoms with E-state index < -0.39 is 63.7 Å². The number of halogens is 2. The summed E-state index contributed by atoms with van der Waals surface area (Å²) in [6.07, 6.45) is 0. The molecular weight excluding hydrogens is 628 g/mol. The van der Waals surface area contributed by atoms with Gasteiger partial charge in [-0.05, 0) is 66.0 Å². The molecule has 0 amide bonds. The minimum Gasteiger partial charge on any atom is -0.505 e. The summed E-state index contributed by atoms with van der Waals surface area (Å²) in [7, 11) is -10.1. The zero-order chi connectivity index (χ0) is 27.8. The van der Waals surface area contributed by atoms with Gasteiger partial charge >= 0.3 is 0 Å². The van der Waals surface area contributed by atoms with Crippen molar-refractivity contribution < 1.29 is 36.2 Å². The van der Waals surface area contributed by atoms with Crippen molar-refractivity contribution >= 4 is 81.3 Å². The molecule has 0 fully saturated rings. The SMILES string of the molecule is O=S(=O)(O)c1cc2cc(S(=O)(=O)O)c(N=Nc3ccc(Br)cc3)c(O)c2c(O)c1N=Nc1ccc(Cl)cc1. The molecule has 16 heteroatoms. The second-order valence-corrected chi connectivity index (χ2v) is 11.7. The maximum absolute atomic E-state index is 12.1. The van der Waals surface area contributed by atoms with E-state index in [4.69, 9.17) is 11.6 Å². The molecule has 0 unspecified atom stereocenters. The van der Waals surface area contributed by atoms with E-state index in [2.05, 4.69) is 36.4 Å². The van der Waals surface area contributed by atoms with Crippen molar-refractivity contribution in [3.8, 4) is 11.5 Å². The van der Waals surface area contributed by atoms with Gasteiger partial charge in [0.25, 0.3) is 20.2 Å². The molecule has 0 heterocycles. The molecule has 4 rings (SSSR count). The maximum atomic E-state index is 12.1. The van der Waals surface area contributed by atoms with Gasteiger partial charge < -0.3 is 10.2 Å². The standard InChI is InChI=1S/C22H14BrClN4O8S2/c23-12-1-5-14(6-2-12)25-27-19-16(37(31,32)33)9-11-10-17(38(34,35)36)20(22(30)18(11)21(19)29)28-26-15-7-3-13(24)4-8-15/h1-10,29-30H,(H,31,32,33)(H,34,35,36). The van der Waals surface area contributed by atoms with Crippen LogP contribution in [0.15, 0.2) is 95.4 Å². The molecule has 38 heavy (non-hydrogen) atoms. The smallest absolute Gasteiger partial charge is 0.296 e. The number of phenolic OH excluding ortho intramolecular Hbond substituents is 2. The van der Waals surface area contributed by atoms with Gasteiger partial charge in [-0.3, -0.25) is 9.11 Å². The minimum absolute atomic E-state index is 0.199. The Labute approximate surface area is 228 Å². The predicted molar refractivity (Wildman–Crippen MR) is 141 cm³/mol. The molecule has 0 radical (unpaired) electrons. The highest BCUT2D eigenvalue weighted by Gasteiger charge is 2.28. The molecule has 0 saturated carbocycles. The van der Waals surface area contributed by atoms with Gasteiger partial charge in [-0.15, -0.1) is 10.2 Å². The molecule has 0 aliphatic carbocycles. The zero-order valence-corrected chi connectivity index (χ0v) is 22.5. The Kier molecular flexibility index (Phi) is 7.51. The fourth-order valence-electron chi connectivity index (χ4n) is 3.28. The first-order valence-corrected chi connectivity index (χ1v) is 14.2. The number of phenols is 2. The Bertz CT molecular complexity index is 1710. The summed E-state index contributed by atoms with van der Waals surface area (Å²) in [6, 6.07) is 13.6. The van der Waals surface area contributed by atoms with E-state index in [0.717, 1.165) is 16.6 Å². The van der Waals surface area contributed by atoms with Crippen molar-refractivity contribution in [3.05, 3.63) is 70.2 Å². The highest BCUT2D eigenvalue weighted by Crippen LogP contribution is 2.50. The predicted octanol–water partition coefficient (Wildman–Crippen LogP) is 6.99. The second-order valence-electron chi connectivity index (χ2n) is 7.54. The van der Waals surface area contributed by atoms with Crippen LogP contribution in [0.2, 0.25) is 5.02 Å². The lowest BCUT2D eigenvalue weighted by molar-refractivity contribution is 0.458. The number of rotatable bonds is 6. The summed E-state index contributed by atoms with van der Waals surface area (Å²) in [6.45, 7) is 0. The molecule has 4 N–H and O–H groups in total. The Morgan fingerprint density at radius 3 is 1.45 bits per heavy atom. The van der Waals surface area contributed by atoms with Gasteiger partial charge in [0.1, 0.15) is 21.2 Å². The van der Waals surface area contributed by atoms with Gasteiger partial charge in [-0.1, -0.05) is 27.5 Å². The maximum Gasteiger partial charge on any atom is 0.296 e. The van der Waals surface area contributed by atoms with Crippen LogP contribution in [0.5, 0.6) is 11.5 Å². The number of aromatic hydroxyl groups is 2. The summed E-state index contributed by atoms with van der Waals surface area (Å²) in [5.41, 5.74) is -1.07. The van der Waals surface area contributed by atoms with Gasteiger partial charge in [0.15, 0.2) is 11.5 Å². The lowest BCUT2D eigenvalue weighted by Gasteiger charge is -2.13. The number of hydrogen-bond donors (Lipinski definition) is 4. The molecule has 0 atom stereocenters. The largest absolute Gasteiger partial charge is 0.505 e. The molecule has 0 spiro atoms. The average molecular weight is 642 g/mol.